The number of hydrogen-bond donors (Lipinski definition) is 1. The molecule has 3 rings (SSSR count). The standard InChI is InChI=1S/C20H25N3O/c24-20(16-23-13-6-2-1-3-7-14-23)22-21-15-18-11-8-10-17-9-4-5-12-19(17)18/h4-5,8-12,15H,1-3,6-7,13-14,16H2,(H,22,24)/b21-15+. The van der Waals surface area contributed by atoms with E-state index in [-0.39, 0.29) is 5.91 Å². The van der Waals surface area contributed by atoms with E-state index in [4.69, 9.17) is 0 Å². The summed E-state index contributed by atoms with van der Waals surface area (Å²) in [4.78, 5) is 14.3. The number of nitrogens with zero attached hydrogens (tertiary/aromatic N) is 2. The van der Waals surface area contributed by atoms with E-state index < -0.39 is 0 Å². The molecular weight excluding hydrogens is 298 g/mol. The van der Waals surface area contributed by atoms with Crippen LogP contribution in [0.3, 0.4) is 0 Å². The number of rotatable bonds is 4. The van der Waals surface area contributed by atoms with Crippen molar-refractivity contribution in [1.29, 1.82) is 0 Å². The highest BCUT2D eigenvalue weighted by Gasteiger charge is 2.11. The number of amides is 1. The maximum absolute atomic E-state index is 12.1. The van der Waals surface area contributed by atoms with Crippen molar-refractivity contribution in [3.05, 3.63) is 48.0 Å². The van der Waals surface area contributed by atoms with Gasteiger partial charge in [-0.05, 0) is 36.7 Å². The molecule has 1 amide bonds. The largest absolute Gasteiger partial charge is 0.294 e. The molecule has 1 aliphatic rings. The van der Waals surface area contributed by atoms with Crippen LogP contribution in [0.4, 0.5) is 0 Å². The lowest BCUT2D eigenvalue weighted by Crippen LogP contribution is -2.37. The second-order valence-corrected chi connectivity index (χ2v) is 6.41. The van der Waals surface area contributed by atoms with Crippen LogP contribution < -0.4 is 5.43 Å². The average molecular weight is 323 g/mol. The Labute approximate surface area is 143 Å². The number of fused-ring (bicyclic) bond motifs is 1. The Bertz CT molecular complexity index is 698. The first kappa shape index (κ1) is 16.7. The Morgan fingerprint density at radius 2 is 1.71 bits per heavy atom. The maximum atomic E-state index is 12.1. The second-order valence-electron chi connectivity index (χ2n) is 6.41. The van der Waals surface area contributed by atoms with Crippen molar-refractivity contribution in [3.63, 3.8) is 0 Å². The number of hydrazone groups is 1. The lowest BCUT2D eigenvalue weighted by Gasteiger charge is -2.23. The Morgan fingerprint density at radius 1 is 1.00 bits per heavy atom. The Hall–Kier alpha value is -2.20. The van der Waals surface area contributed by atoms with Crippen LogP contribution in [-0.2, 0) is 4.79 Å². The molecule has 0 aliphatic carbocycles. The van der Waals surface area contributed by atoms with Gasteiger partial charge in [-0.1, -0.05) is 61.7 Å². The molecule has 0 aromatic heterocycles. The van der Waals surface area contributed by atoms with Crippen molar-refractivity contribution in [2.75, 3.05) is 19.6 Å². The smallest absolute Gasteiger partial charge is 0.254 e. The van der Waals surface area contributed by atoms with Gasteiger partial charge in [-0.15, -0.1) is 0 Å². The highest BCUT2D eigenvalue weighted by atomic mass is 16.2. The molecular formula is C20H25N3O. The molecule has 0 radical (unpaired) electrons. The van der Waals surface area contributed by atoms with Gasteiger partial charge in [0.2, 0.25) is 0 Å². The summed E-state index contributed by atoms with van der Waals surface area (Å²) >= 11 is 0. The van der Waals surface area contributed by atoms with Crippen molar-refractivity contribution in [2.45, 2.75) is 32.1 Å². The van der Waals surface area contributed by atoms with Gasteiger partial charge >= 0.3 is 0 Å². The molecule has 0 bridgehead atoms. The molecule has 4 heteroatoms. The molecule has 1 N–H and O–H groups in total. The SMILES string of the molecule is O=C(CN1CCCCCCC1)N/N=C/c1cccc2ccccc12. The van der Waals surface area contributed by atoms with Gasteiger partial charge in [0.15, 0.2) is 0 Å². The fourth-order valence-corrected chi connectivity index (χ4v) is 3.25. The van der Waals surface area contributed by atoms with Crippen LogP contribution in [0.1, 0.15) is 37.7 Å². The minimum atomic E-state index is -0.0351. The minimum absolute atomic E-state index is 0.0351. The van der Waals surface area contributed by atoms with E-state index in [0.717, 1.165) is 24.0 Å². The van der Waals surface area contributed by atoms with E-state index in [0.29, 0.717) is 6.54 Å². The molecule has 2 aromatic rings. The average Bonchev–Trinajstić information content (AvgIpc) is 2.57. The normalized spacial score (nSPS) is 16.8. The summed E-state index contributed by atoms with van der Waals surface area (Å²) in [7, 11) is 0. The number of carbonyl (C=O) groups excluding carboxylic acids is 1. The summed E-state index contributed by atoms with van der Waals surface area (Å²) in [6.07, 6.45) is 7.98. The van der Waals surface area contributed by atoms with E-state index in [2.05, 4.69) is 33.6 Å². The predicted octanol–water partition coefficient (Wildman–Crippen LogP) is 3.56. The molecule has 0 saturated carbocycles. The fourth-order valence-electron chi connectivity index (χ4n) is 3.25. The first-order valence-electron chi connectivity index (χ1n) is 8.85. The zero-order valence-electron chi connectivity index (χ0n) is 14.1. The van der Waals surface area contributed by atoms with Crippen LogP contribution in [0.25, 0.3) is 10.8 Å². The van der Waals surface area contributed by atoms with Crippen molar-refractivity contribution >= 4 is 22.9 Å². The third kappa shape index (κ3) is 4.65. The molecule has 126 valence electrons. The first-order valence-corrected chi connectivity index (χ1v) is 8.85. The van der Waals surface area contributed by atoms with E-state index in [1.807, 2.05) is 24.3 Å². The highest BCUT2D eigenvalue weighted by molar-refractivity contribution is 5.99. The molecule has 0 atom stereocenters. The zero-order chi connectivity index (χ0) is 16.6. The summed E-state index contributed by atoms with van der Waals surface area (Å²) in [5, 5.41) is 6.46. The molecule has 1 aliphatic heterocycles. The Balaban J connectivity index is 1.56. The Kier molecular flexibility index (Phi) is 5.96. The van der Waals surface area contributed by atoms with Gasteiger partial charge in [-0.3, -0.25) is 9.69 Å². The van der Waals surface area contributed by atoms with Gasteiger partial charge in [0.25, 0.3) is 5.91 Å². The van der Waals surface area contributed by atoms with Crippen LogP contribution in [0, 0.1) is 0 Å². The zero-order valence-corrected chi connectivity index (χ0v) is 14.1. The molecule has 0 unspecified atom stereocenters. The summed E-state index contributed by atoms with van der Waals surface area (Å²) < 4.78 is 0. The van der Waals surface area contributed by atoms with Gasteiger partial charge in [0.1, 0.15) is 0 Å². The maximum Gasteiger partial charge on any atom is 0.254 e. The Morgan fingerprint density at radius 3 is 2.54 bits per heavy atom. The first-order chi connectivity index (χ1) is 11.8. The highest BCUT2D eigenvalue weighted by Crippen LogP contribution is 2.16. The predicted molar refractivity (Wildman–Crippen MR) is 99.2 cm³/mol. The molecule has 1 fully saturated rings. The molecule has 2 aromatic carbocycles. The van der Waals surface area contributed by atoms with Crippen LogP contribution in [0.15, 0.2) is 47.6 Å². The number of nitrogens with one attached hydrogen (secondary N) is 1. The molecule has 1 heterocycles. The number of likely N-dealkylation sites (tertiary alicyclic amines) is 1. The molecule has 1 saturated heterocycles. The van der Waals surface area contributed by atoms with Crippen molar-refractivity contribution in [2.24, 2.45) is 5.10 Å². The monoisotopic (exact) mass is 323 g/mol. The topological polar surface area (TPSA) is 44.7 Å². The number of hydrogen-bond acceptors (Lipinski definition) is 3. The quantitative estimate of drug-likeness (QED) is 0.691. The van der Waals surface area contributed by atoms with E-state index in [1.54, 1.807) is 6.21 Å². The summed E-state index contributed by atoms with van der Waals surface area (Å²) in [6, 6.07) is 14.3. The van der Waals surface area contributed by atoms with Gasteiger partial charge in [-0.25, -0.2) is 5.43 Å². The van der Waals surface area contributed by atoms with Crippen LogP contribution in [0.2, 0.25) is 0 Å². The minimum Gasteiger partial charge on any atom is -0.294 e. The fraction of sp³-hybridized carbons (Fsp3) is 0.400. The van der Waals surface area contributed by atoms with Gasteiger partial charge < -0.3 is 0 Å². The van der Waals surface area contributed by atoms with E-state index >= 15 is 0 Å². The van der Waals surface area contributed by atoms with Crippen LogP contribution >= 0.6 is 0 Å². The van der Waals surface area contributed by atoms with Gasteiger partial charge in [-0.2, -0.15) is 5.10 Å². The van der Waals surface area contributed by atoms with E-state index in [9.17, 15) is 4.79 Å². The number of carbonyl (C=O) groups is 1. The lowest BCUT2D eigenvalue weighted by molar-refractivity contribution is -0.122. The van der Waals surface area contributed by atoms with Crippen molar-refractivity contribution < 1.29 is 4.79 Å². The van der Waals surface area contributed by atoms with Gasteiger partial charge in [0, 0.05) is 5.56 Å². The summed E-state index contributed by atoms with van der Waals surface area (Å²) in [5.74, 6) is -0.0351. The van der Waals surface area contributed by atoms with Crippen molar-refractivity contribution in [3.8, 4) is 0 Å². The third-order valence-electron chi connectivity index (χ3n) is 4.53. The van der Waals surface area contributed by atoms with Crippen LogP contribution in [-0.4, -0.2) is 36.7 Å². The van der Waals surface area contributed by atoms with Crippen LogP contribution in [0.5, 0.6) is 0 Å². The van der Waals surface area contributed by atoms with E-state index in [1.165, 1.54) is 37.5 Å². The molecule has 0 spiro atoms. The molecule has 24 heavy (non-hydrogen) atoms. The van der Waals surface area contributed by atoms with Crippen molar-refractivity contribution in [1.82, 2.24) is 10.3 Å². The lowest BCUT2D eigenvalue weighted by atomic mass is 10.1. The molecule has 4 nitrogen and oxygen atoms in total. The number of benzene rings is 2. The summed E-state index contributed by atoms with van der Waals surface area (Å²) in [5.41, 5.74) is 3.68. The summed E-state index contributed by atoms with van der Waals surface area (Å²) in [6.45, 7) is 2.47. The van der Waals surface area contributed by atoms with Gasteiger partial charge in [0.05, 0.1) is 12.8 Å². The second kappa shape index (κ2) is 8.60. The third-order valence-corrected chi connectivity index (χ3v) is 4.53.